The third kappa shape index (κ3) is 4.35. The Labute approximate surface area is 80.1 Å². The van der Waals surface area contributed by atoms with E-state index in [0.29, 0.717) is 0 Å². The van der Waals surface area contributed by atoms with Crippen LogP contribution in [0, 0.1) is 0 Å². The van der Waals surface area contributed by atoms with Crippen LogP contribution >= 0.6 is 70.4 Å². The molecule has 5 heteroatoms. The van der Waals surface area contributed by atoms with Crippen LogP contribution in [0.4, 0.5) is 0 Å². The molecular formula is C2Br3IO. The molecule has 0 atom stereocenters. The molecule has 0 amide bonds. The predicted octanol–water partition coefficient (Wildman–Crippen LogP) is 2.79. The van der Waals surface area contributed by atoms with E-state index in [9.17, 15) is 4.79 Å². The maximum absolute atomic E-state index is 10.3. The lowest BCUT2D eigenvalue weighted by Gasteiger charge is -2.01. The van der Waals surface area contributed by atoms with Crippen molar-refractivity contribution in [1.82, 2.24) is 0 Å². The maximum Gasteiger partial charge on any atom is 0.230 e. The largest absolute Gasteiger partial charge is 0.284 e. The molecule has 1 nitrogen and oxygen atoms in total. The first-order valence-electron chi connectivity index (χ1n) is 1.21. The Balaban J connectivity index is 3.79. The monoisotopic (exact) mass is 404 g/mol. The molecule has 0 aliphatic heterocycles. The van der Waals surface area contributed by atoms with Gasteiger partial charge in [-0.05, 0) is 0 Å². The molecule has 0 heterocycles. The maximum atomic E-state index is 10.3. The molecule has 0 bridgehead atoms. The summed E-state index contributed by atoms with van der Waals surface area (Å²) in [5.74, 6) is 0. The van der Waals surface area contributed by atoms with Gasteiger partial charge in [0.15, 0.2) is 0 Å². The highest BCUT2D eigenvalue weighted by Gasteiger charge is 2.24. The van der Waals surface area contributed by atoms with Gasteiger partial charge in [-0.2, -0.15) is 0 Å². The highest BCUT2D eigenvalue weighted by atomic mass is 127. The van der Waals surface area contributed by atoms with E-state index in [4.69, 9.17) is 0 Å². The first-order valence-corrected chi connectivity index (χ1v) is 4.67. The lowest BCUT2D eigenvalue weighted by atomic mass is 10.9. The van der Waals surface area contributed by atoms with E-state index in [1.54, 1.807) is 22.6 Å². The molecule has 0 rings (SSSR count). The zero-order valence-electron chi connectivity index (χ0n) is 2.92. The highest BCUT2D eigenvalue weighted by molar-refractivity contribution is 14.1. The van der Waals surface area contributed by atoms with Crippen LogP contribution in [0.3, 0.4) is 0 Å². The summed E-state index contributed by atoms with van der Waals surface area (Å²) < 4.78 is -0.752. The topological polar surface area (TPSA) is 17.1 Å². The molecule has 0 radical (unpaired) electrons. The van der Waals surface area contributed by atoms with Gasteiger partial charge in [0.1, 0.15) is 0 Å². The van der Waals surface area contributed by atoms with Crippen LogP contribution in [0.5, 0.6) is 0 Å². The van der Waals surface area contributed by atoms with Crippen LogP contribution in [0.1, 0.15) is 0 Å². The Kier molecular flexibility index (Phi) is 3.94. The quantitative estimate of drug-likeness (QED) is 0.343. The Bertz CT molecular complexity index is 85.4. The second-order valence-corrected chi connectivity index (χ2v) is 8.51. The second-order valence-electron chi connectivity index (χ2n) is 0.771. The van der Waals surface area contributed by atoms with Gasteiger partial charge in [-0.3, -0.25) is 4.79 Å². The average Bonchev–Trinajstić information content (AvgIpc) is 1.31. The third-order valence-electron chi connectivity index (χ3n) is 0.223. The number of carbonyl (C=O) groups is 1. The van der Waals surface area contributed by atoms with Gasteiger partial charge in [-0.15, -0.1) is 0 Å². The number of rotatable bonds is 0. The first-order chi connectivity index (χ1) is 2.94. The minimum atomic E-state index is -0.715. The number of halogens is 4. The standard InChI is InChI=1S/C2Br3IO/c3-2(4,5)1(6)7. The minimum Gasteiger partial charge on any atom is -0.284 e. The summed E-state index contributed by atoms with van der Waals surface area (Å²) in [7, 11) is 0. The molecule has 0 saturated heterocycles. The summed E-state index contributed by atoms with van der Waals surface area (Å²) in [4.78, 5) is 10.3. The Morgan fingerprint density at radius 3 is 1.57 bits per heavy atom. The van der Waals surface area contributed by atoms with E-state index in [1.165, 1.54) is 0 Å². The number of hydrogen-bond donors (Lipinski definition) is 0. The summed E-state index contributed by atoms with van der Waals surface area (Å²) in [6.45, 7) is 0. The van der Waals surface area contributed by atoms with E-state index < -0.39 is 2.14 Å². The molecule has 0 saturated carbocycles. The van der Waals surface area contributed by atoms with Crippen LogP contribution in [0.25, 0.3) is 0 Å². The molecule has 0 aromatic carbocycles. The fourth-order valence-corrected chi connectivity index (χ4v) is 0. The van der Waals surface area contributed by atoms with Gasteiger partial charge in [0.2, 0.25) is 5.93 Å². The van der Waals surface area contributed by atoms with Gasteiger partial charge in [-0.1, -0.05) is 47.8 Å². The summed E-state index contributed by atoms with van der Waals surface area (Å²) in [5, 5.41) is 0. The van der Waals surface area contributed by atoms with E-state index in [2.05, 4.69) is 47.8 Å². The van der Waals surface area contributed by atoms with Crippen LogP contribution < -0.4 is 0 Å². The summed E-state index contributed by atoms with van der Waals surface area (Å²) in [6.07, 6.45) is 0. The summed E-state index contributed by atoms with van der Waals surface area (Å²) in [5.41, 5.74) is 0. The molecule has 0 aromatic heterocycles. The van der Waals surface area contributed by atoms with Crippen molar-refractivity contribution in [2.45, 2.75) is 2.14 Å². The summed E-state index contributed by atoms with van der Waals surface area (Å²) >= 11 is 10.7. The van der Waals surface area contributed by atoms with Crippen molar-refractivity contribution in [2.75, 3.05) is 0 Å². The zero-order valence-corrected chi connectivity index (χ0v) is 9.84. The Hall–Kier alpha value is 1.84. The van der Waals surface area contributed by atoms with E-state index in [-0.39, 0.29) is 3.79 Å². The molecule has 7 heavy (non-hydrogen) atoms. The molecule has 0 fully saturated rings. The van der Waals surface area contributed by atoms with Crippen LogP contribution in [-0.2, 0) is 4.79 Å². The van der Waals surface area contributed by atoms with Crippen LogP contribution in [0.2, 0.25) is 0 Å². The lowest BCUT2D eigenvalue weighted by molar-refractivity contribution is -0.108. The molecule has 0 spiro atoms. The predicted molar refractivity (Wildman–Crippen MR) is 48.5 cm³/mol. The van der Waals surface area contributed by atoms with Crippen molar-refractivity contribution in [3.05, 3.63) is 0 Å². The zero-order chi connectivity index (χ0) is 6.08. The van der Waals surface area contributed by atoms with Crippen molar-refractivity contribution in [1.29, 1.82) is 0 Å². The number of alkyl halides is 3. The minimum absolute atomic E-state index is 0.0369. The molecule has 0 unspecified atom stereocenters. The fraction of sp³-hybridized carbons (Fsp3) is 0.500. The van der Waals surface area contributed by atoms with Gasteiger partial charge in [-0.25, -0.2) is 0 Å². The van der Waals surface area contributed by atoms with Crippen molar-refractivity contribution in [2.24, 2.45) is 0 Å². The highest BCUT2D eigenvalue weighted by Crippen LogP contribution is 2.36. The SMILES string of the molecule is O=C(I)C(Br)(Br)Br. The van der Waals surface area contributed by atoms with Gasteiger partial charge < -0.3 is 0 Å². The van der Waals surface area contributed by atoms with E-state index >= 15 is 0 Å². The second kappa shape index (κ2) is 3.12. The van der Waals surface area contributed by atoms with Crippen molar-refractivity contribution in [3.63, 3.8) is 0 Å². The first kappa shape index (κ1) is 8.84. The smallest absolute Gasteiger partial charge is 0.230 e. The lowest BCUT2D eigenvalue weighted by Crippen LogP contribution is -2.07. The van der Waals surface area contributed by atoms with Crippen LogP contribution in [0.15, 0.2) is 0 Å². The van der Waals surface area contributed by atoms with Gasteiger partial charge in [0, 0.05) is 22.6 Å². The number of carbonyl (C=O) groups excluding carboxylic acids is 1. The normalized spacial score (nSPS) is 11.4. The van der Waals surface area contributed by atoms with Crippen molar-refractivity contribution in [3.8, 4) is 0 Å². The van der Waals surface area contributed by atoms with E-state index in [0.717, 1.165) is 0 Å². The third-order valence-corrected chi connectivity index (χ3v) is 4.34. The molecule has 42 valence electrons. The Morgan fingerprint density at radius 2 is 1.57 bits per heavy atom. The van der Waals surface area contributed by atoms with Crippen LogP contribution in [-0.4, -0.2) is 5.93 Å². The molecular weight excluding hydrogens is 407 g/mol. The average molecular weight is 407 g/mol. The van der Waals surface area contributed by atoms with Crippen molar-refractivity contribution < 1.29 is 4.79 Å². The molecule has 0 aliphatic rings. The molecule has 0 aromatic rings. The molecule has 0 N–H and O–H groups in total. The van der Waals surface area contributed by atoms with Crippen molar-refractivity contribution >= 4 is 74.2 Å². The van der Waals surface area contributed by atoms with Gasteiger partial charge >= 0.3 is 0 Å². The Morgan fingerprint density at radius 1 is 1.43 bits per heavy atom. The van der Waals surface area contributed by atoms with Gasteiger partial charge in [0.25, 0.3) is 0 Å². The molecule has 0 aliphatic carbocycles. The van der Waals surface area contributed by atoms with E-state index in [1.807, 2.05) is 0 Å². The van der Waals surface area contributed by atoms with Gasteiger partial charge in [0.05, 0.1) is 0 Å². The fourth-order valence-electron chi connectivity index (χ4n) is 0. The summed E-state index contributed by atoms with van der Waals surface area (Å²) in [6, 6.07) is 0. The number of hydrogen-bond acceptors (Lipinski definition) is 1.